The molecule has 148 valence electrons. The van der Waals surface area contributed by atoms with Crippen molar-refractivity contribution < 1.29 is 17.9 Å². The molecule has 0 aliphatic rings. The zero-order valence-electron chi connectivity index (χ0n) is 15.4. The van der Waals surface area contributed by atoms with E-state index < -0.39 is 21.5 Å². The van der Waals surface area contributed by atoms with Crippen molar-refractivity contribution in [3.63, 3.8) is 0 Å². The van der Waals surface area contributed by atoms with Gasteiger partial charge in [-0.1, -0.05) is 11.6 Å². The second-order valence-corrected chi connectivity index (χ2v) is 8.63. The van der Waals surface area contributed by atoms with Gasteiger partial charge in [0, 0.05) is 19.1 Å². The van der Waals surface area contributed by atoms with Crippen LogP contribution in [0.1, 0.15) is 0 Å². The van der Waals surface area contributed by atoms with E-state index in [4.69, 9.17) is 16.3 Å². The van der Waals surface area contributed by atoms with Crippen molar-refractivity contribution in [2.75, 3.05) is 18.2 Å². The number of aryl methyl sites for hydroxylation is 2. The van der Waals surface area contributed by atoms with E-state index in [1.165, 1.54) is 34.4 Å². The summed E-state index contributed by atoms with van der Waals surface area (Å²) in [6.45, 7) is 0. The predicted octanol–water partition coefficient (Wildman–Crippen LogP) is 1.95. The molecule has 1 aromatic heterocycles. The summed E-state index contributed by atoms with van der Waals surface area (Å²) in [7, 11) is 0.651. The molecule has 28 heavy (non-hydrogen) atoms. The fraction of sp³-hybridized carbons (Fsp3) is 0.222. The van der Waals surface area contributed by atoms with Gasteiger partial charge in [-0.25, -0.2) is 13.2 Å². The van der Waals surface area contributed by atoms with Gasteiger partial charge in [-0.2, -0.15) is 0 Å². The van der Waals surface area contributed by atoms with E-state index in [0.717, 1.165) is 0 Å². The summed E-state index contributed by atoms with van der Waals surface area (Å²) < 4.78 is 33.3. The van der Waals surface area contributed by atoms with Crippen molar-refractivity contribution in [2.24, 2.45) is 14.1 Å². The van der Waals surface area contributed by atoms with Crippen LogP contribution in [0.5, 0.6) is 5.75 Å². The van der Waals surface area contributed by atoms with E-state index in [-0.39, 0.29) is 16.3 Å². The molecule has 0 radical (unpaired) electrons. The van der Waals surface area contributed by atoms with Crippen molar-refractivity contribution in [3.8, 4) is 5.75 Å². The molecule has 0 spiro atoms. The highest BCUT2D eigenvalue weighted by molar-refractivity contribution is 7.92. The Bertz CT molecular complexity index is 1240. The van der Waals surface area contributed by atoms with Gasteiger partial charge >= 0.3 is 5.69 Å². The van der Waals surface area contributed by atoms with Crippen LogP contribution in [0, 0.1) is 0 Å². The highest BCUT2D eigenvalue weighted by atomic mass is 35.5. The number of fused-ring (bicyclic) bond motifs is 1. The Morgan fingerprint density at radius 1 is 1.11 bits per heavy atom. The molecule has 1 N–H and O–H groups in total. The molecule has 1 heterocycles. The van der Waals surface area contributed by atoms with Crippen LogP contribution in [0.15, 0.2) is 46.1 Å². The number of hydrogen-bond donors (Lipinski definition) is 1. The van der Waals surface area contributed by atoms with Crippen LogP contribution in [-0.4, -0.2) is 36.3 Å². The van der Waals surface area contributed by atoms with Crippen LogP contribution in [0.25, 0.3) is 11.0 Å². The monoisotopic (exact) mass is 423 g/mol. The van der Waals surface area contributed by atoms with Crippen molar-refractivity contribution in [2.45, 2.75) is 4.90 Å². The van der Waals surface area contributed by atoms with Gasteiger partial charge in [0.25, 0.3) is 0 Å². The number of amides is 1. The van der Waals surface area contributed by atoms with E-state index in [9.17, 15) is 18.0 Å². The molecule has 0 bridgehead atoms. The molecule has 1 amide bonds. The second-order valence-electron chi connectivity index (χ2n) is 6.20. The first-order chi connectivity index (χ1) is 13.1. The van der Waals surface area contributed by atoms with Gasteiger partial charge in [-0.3, -0.25) is 13.9 Å². The van der Waals surface area contributed by atoms with E-state index >= 15 is 0 Å². The van der Waals surface area contributed by atoms with Crippen molar-refractivity contribution in [3.05, 3.63) is 51.9 Å². The molecule has 2 aromatic carbocycles. The van der Waals surface area contributed by atoms with E-state index in [0.29, 0.717) is 21.8 Å². The van der Waals surface area contributed by atoms with Gasteiger partial charge in [0.05, 0.1) is 28.7 Å². The molecule has 0 saturated heterocycles. The molecular weight excluding hydrogens is 406 g/mol. The molecule has 0 atom stereocenters. The van der Waals surface area contributed by atoms with E-state index in [1.807, 2.05) is 0 Å². The van der Waals surface area contributed by atoms with Gasteiger partial charge in [-0.05, 0) is 36.4 Å². The number of carbonyl (C=O) groups excluding carboxylic acids is 1. The lowest BCUT2D eigenvalue weighted by Crippen LogP contribution is -2.23. The lowest BCUT2D eigenvalue weighted by molar-refractivity contribution is -0.113. The van der Waals surface area contributed by atoms with Gasteiger partial charge in [0.1, 0.15) is 11.5 Å². The Morgan fingerprint density at radius 3 is 2.46 bits per heavy atom. The number of anilines is 1. The number of hydrogen-bond acceptors (Lipinski definition) is 5. The molecule has 0 aliphatic heterocycles. The minimum atomic E-state index is -3.93. The summed E-state index contributed by atoms with van der Waals surface area (Å²) in [4.78, 5) is 24.3. The molecule has 10 heteroatoms. The molecule has 0 fully saturated rings. The van der Waals surface area contributed by atoms with Crippen LogP contribution in [0.2, 0.25) is 5.02 Å². The molecular formula is C18H18ClN3O5S. The maximum Gasteiger partial charge on any atom is 0.328 e. The standard InChI is InChI=1S/C18H18ClN3O5S/c1-21-14-6-5-12(9-15(14)22(2)18(21)24)28(25,26)10-17(23)20-13-8-11(19)4-7-16(13)27-3/h4-9H,10H2,1-3H3,(H,20,23). The summed E-state index contributed by atoms with van der Waals surface area (Å²) >= 11 is 5.92. The summed E-state index contributed by atoms with van der Waals surface area (Å²) in [5.74, 6) is -1.15. The summed E-state index contributed by atoms with van der Waals surface area (Å²) in [6, 6.07) is 8.93. The van der Waals surface area contributed by atoms with Crippen LogP contribution in [0.3, 0.4) is 0 Å². The van der Waals surface area contributed by atoms with Crippen molar-refractivity contribution in [1.29, 1.82) is 0 Å². The van der Waals surface area contributed by atoms with Gasteiger partial charge in [0.2, 0.25) is 5.91 Å². The number of imidazole rings is 1. The molecule has 8 nitrogen and oxygen atoms in total. The number of carbonyl (C=O) groups is 1. The van der Waals surface area contributed by atoms with Gasteiger partial charge in [0.15, 0.2) is 9.84 Å². The van der Waals surface area contributed by atoms with Crippen molar-refractivity contribution >= 4 is 44.1 Å². The zero-order valence-corrected chi connectivity index (χ0v) is 17.0. The number of benzene rings is 2. The lowest BCUT2D eigenvalue weighted by atomic mass is 10.3. The number of sulfone groups is 1. The first-order valence-corrected chi connectivity index (χ1v) is 10.2. The Balaban J connectivity index is 1.89. The largest absolute Gasteiger partial charge is 0.495 e. The molecule has 3 rings (SSSR count). The lowest BCUT2D eigenvalue weighted by Gasteiger charge is -2.11. The van der Waals surface area contributed by atoms with Crippen LogP contribution >= 0.6 is 11.6 Å². The number of ether oxygens (including phenoxy) is 1. The van der Waals surface area contributed by atoms with Crippen LogP contribution < -0.4 is 15.7 Å². The average molecular weight is 424 g/mol. The Labute approximate surface area is 166 Å². The number of nitrogens with zero attached hydrogens (tertiary/aromatic N) is 2. The third-order valence-corrected chi connectivity index (χ3v) is 6.21. The number of methoxy groups -OCH3 is 1. The fourth-order valence-electron chi connectivity index (χ4n) is 2.90. The SMILES string of the molecule is COc1ccc(Cl)cc1NC(=O)CS(=O)(=O)c1ccc2c(c1)n(C)c(=O)n2C. The summed E-state index contributed by atoms with van der Waals surface area (Å²) in [5, 5.41) is 2.87. The molecule has 3 aromatic rings. The maximum absolute atomic E-state index is 12.7. The third kappa shape index (κ3) is 3.63. The third-order valence-electron chi connectivity index (χ3n) is 4.36. The number of aromatic nitrogens is 2. The second kappa shape index (κ2) is 7.33. The van der Waals surface area contributed by atoms with Gasteiger partial charge in [-0.15, -0.1) is 0 Å². The van der Waals surface area contributed by atoms with Crippen molar-refractivity contribution in [1.82, 2.24) is 9.13 Å². The Kier molecular flexibility index (Phi) is 5.22. The quantitative estimate of drug-likeness (QED) is 0.676. The highest BCUT2D eigenvalue weighted by Gasteiger charge is 2.22. The average Bonchev–Trinajstić information content (AvgIpc) is 2.85. The topological polar surface area (TPSA) is 99.4 Å². The minimum Gasteiger partial charge on any atom is -0.495 e. The summed E-state index contributed by atoms with van der Waals surface area (Å²) in [5.41, 5.74) is 1.07. The minimum absolute atomic E-state index is 0.0468. The smallest absolute Gasteiger partial charge is 0.328 e. The molecule has 0 aliphatic carbocycles. The zero-order chi connectivity index (χ0) is 20.6. The van der Waals surface area contributed by atoms with Crippen LogP contribution in [0.4, 0.5) is 5.69 Å². The first-order valence-electron chi connectivity index (χ1n) is 8.15. The summed E-state index contributed by atoms with van der Waals surface area (Å²) in [6.07, 6.45) is 0. The number of rotatable bonds is 5. The van der Waals surface area contributed by atoms with E-state index in [1.54, 1.807) is 32.3 Å². The maximum atomic E-state index is 12.7. The number of nitrogens with one attached hydrogen (secondary N) is 1. The normalized spacial score (nSPS) is 11.6. The van der Waals surface area contributed by atoms with Crippen LogP contribution in [-0.2, 0) is 28.7 Å². The molecule has 0 unspecified atom stereocenters. The molecule has 0 saturated carbocycles. The Morgan fingerprint density at radius 2 is 1.79 bits per heavy atom. The van der Waals surface area contributed by atoms with Gasteiger partial charge < -0.3 is 10.1 Å². The highest BCUT2D eigenvalue weighted by Crippen LogP contribution is 2.28. The fourth-order valence-corrected chi connectivity index (χ4v) is 4.22. The number of halogens is 1. The first kappa shape index (κ1) is 20.0. The predicted molar refractivity (Wildman–Crippen MR) is 107 cm³/mol. The Hall–Kier alpha value is -2.78. The van der Waals surface area contributed by atoms with E-state index in [2.05, 4.69) is 5.32 Å².